The van der Waals surface area contributed by atoms with E-state index in [0.717, 1.165) is 23.4 Å². The van der Waals surface area contributed by atoms with Gasteiger partial charge in [0, 0.05) is 18.3 Å². The number of nitrogens with zero attached hydrogens (tertiary/aromatic N) is 3. The molecular formula is C15H16N4O. The van der Waals surface area contributed by atoms with Crippen LogP contribution in [-0.4, -0.2) is 28.2 Å². The summed E-state index contributed by atoms with van der Waals surface area (Å²) in [5, 5.41) is 2.86. The van der Waals surface area contributed by atoms with E-state index in [1.807, 2.05) is 42.0 Å². The number of nitrogens with one attached hydrogen (secondary N) is 1. The van der Waals surface area contributed by atoms with E-state index < -0.39 is 0 Å². The number of carbonyl (C=O) groups excluding carboxylic acids is 1. The van der Waals surface area contributed by atoms with Gasteiger partial charge in [0.1, 0.15) is 6.33 Å². The van der Waals surface area contributed by atoms with Crippen LogP contribution in [0.1, 0.15) is 35.1 Å². The molecule has 0 bridgehead atoms. The summed E-state index contributed by atoms with van der Waals surface area (Å²) in [6, 6.07) is 7.95. The summed E-state index contributed by atoms with van der Waals surface area (Å²) in [6.07, 6.45) is 4.45. The van der Waals surface area contributed by atoms with Crippen molar-refractivity contribution in [1.29, 1.82) is 0 Å². The maximum atomic E-state index is 12.1. The first-order valence-electron chi connectivity index (χ1n) is 6.75. The van der Waals surface area contributed by atoms with E-state index in [4.69, 9.17) is 0 Å². The standard InChI is InChI=1S/C15H16N4O/c1-2-7-17-15(20)14-13-9-16-8-11-5-3-4-6-12(11)19(13)10-18-14/h3-6,8,10H,2,7,9H2,1H3,(H,17,20). The number of benzene rings is 1. The molecule has 1 amide bonds. The van der Waals surface area contributed by atoms with Crippen LogP contribution in [0.5, 0.6) is 0 Å². The first-order chi connectivity index (χ1) is 9.81. The number of fused-ring (bicyclic) bond motifs is 3. The van der Waals surface area contributed by atoms with E-state index in [1.165, 1.54) is 0 Å². The van der Waals surface area contributed by atoms with Crippen molar-refractivity contribution >= 4 is 12.1 Å². The molecule has 0 aliphatic carbocycles. The lowest BCUT2D eigenvalue weighted by Gasteiger charge is -2.08. The molecule has 3 rings (SSSR count). The molecule has 0 saturated heterocycles. The highest BCUT2D eigenvalue weighted by atomic mass is 16.1. The fraction of sp³-hybridized carbons (Fsp3) is 0.267. The molecule has 1 aliphatic heterocycles. The van der Waals surface area contributed by atoms with Crippen molar-refractivity contribution in [3.8, 4) is 5.69 Å². The van der Waals surface area contributed by atoms with Crippen LogP contribution in [0.25, 0.3) is 5.69 Å². The highest BCUT2D eigenvalue weighted by Crippen LogP contribution is 2.21. The Morgan fingerprint density at radius 1 is 1.40 bits per heavy atom. The minimum atomic E-state index is -0.129. The molecule has 0 atom stereocenters. The van der Waals surface area contributed by atoms with Crippen molar-refractivity contribution in [2.75, 3.05) is 6.54 Å². The van der Waals surface area contributed by atoms with E-state index in [2.05, 4.69) is 15.3 Å². The molecule has 0 radical (unpaired) electrons. The van der Waals surface area contributed by atoms with E-state index in [0.29, 0.717) is 18.8 Å². The fourth-order valence-electron chi connectivity index (χ4n) is 2.29. The topological polar surface area (TPSA) is 59.3 Å². The van der Waals surface area contributed by atoms with Gasteiger partial charge in [0.2, 0.25) is 0 Å². The summed E-state index contributed by atoms with van der Waals surface area (Å²) < 4.78 is 1.95. The third kappa shape index (κ3) is 2.11. The van der Waals surface area contributed by atoms with Crippen LogP contribution >= 0.6 is 0 Å². The summed E-state index contributed by atoms with van der Waals surface area (Å²) in [7, 11) is 0. The summed E-state index contributed by atoms with van der Waals surface area (Å²) in [4.78, 5) is 20.8. The number of amides is 1. The van der Waals surface area contributed by atoms with Crippen LogP contribution < -0.4 is 5.32 Å². The quantitative estimate of drug-likeness (QED) is 0.924. The lowest BCUT2D eigenvalue weighted by molar-refractivity contribution is 0.0948. The minimum Gasteiger partial charge on any atom is -0.351 e. The summed E-state index contributed by atoms with van der Waals surface area (Å²) in [5.41, 5.74) is 3.34. The Balaban J connectivity index is 2.03. The lowest BCUT2D eigenvalue weighted by Crippen LogP contribution is -2.25. The molecule has 1 aromatic heterocycles. The SMILES string of the molecule is CCCNC(=O)c1ncn2c1CN=Cc1ccccc1-2. The van der Waals surface area contributed by atoms with Gasteiger partial charge in [-0.3, -0.25) is 14.4 Å². The van der Waals surface area contributed by atoms with E-state index in [9.17, 15) is 4.79 Å². The van der Waals surface area contributed by atoms with Crippen LogP contribution in [-0.2, 0) is 6.54 Å². The first-order valence-corrected chi connectivity index (χ1v) is 6.75. The van der Waals surface area contributed by atoms with Gasteiger partial charge < -0.3 is 5.32 Å². The van der Waals surface area contributed by atoms with Gasteiger partial charge in [0.05, 0.1) is 17.9 Å². The Morgan fingerprint density at radius 2 is 2.25 bits per heavy atom. The average Bonchev–Trinajstić information content (AvgIpc) is 2.80. The maximum absolute atomic E-state index is 12.1. The van der Waals surface area contributed by atoms with Gasteiger partial charge in [-0.15, -0.1) is 0 Å². The predicted molar refractivity (Wildman–Crippen MR) is 77.5 cm³/mol. The van der Waals surface area contributed by atoms with Crippen LogP contribution in [0.15, 0.2) is 35.6 Å². The number of rotatable bonds is 3. The molecule has 102 valence electrons. The number of carbonyl (C=O) groups is 1. The van der Waals surface area contributed by atoms with Crippen LogP contribution in [0.3, 0.4) is 0 Å². The zero-order valence-corrected chi connectivity index (χ0v) is 11.3. The first kappa shape index (κ1) is 12.6. The third-order valence-corrected chi connectivity index (χ3v) is 3.28. The smallest absolute Gasteiger partial charge is 0.271 e. The molecule has 20 heavy (non-hydrogen) atoms. The normalized spacial score (nSPS) is 12.4. The van der Waals surface area contributed by atoms with E-state index >= 15 is 0 Å². The largest absolute Gasteiger partial charge is 0.351 e. The average molecular weight is 268 g/mol. The molecule has 0 unspecified atom stereocenters. The van der Waals surface area contributed by atoms with Crippen molar-refractivity contribution < 1.29 is 4.79 Å². The monoisotopic (exact) mass is 268 g/mol. The number of aromatic nitrogens is 2. The van der Waals surface area contributed by atoms with Crippen molar-refractivity contribution in [3.63, 3.8) is 0 Å². The van der Waals surface area contributed by atoms with Crippen LogP contribution in [0, 0.1) is 0 Å². The lowest BCUT2D eigenvalue weighted by atomic mass is 10.2. The Bertz CT molecular complexity index is 672. The molecule has 2 aromatic rings. The zero-order chi connectivity index (χ0) is 13.9. The Labute approximate surface area is 117 Å². The summed E-state index contributed by atoms with van der Waals surface area (Å²) >= 11 is 0. The van der Waals surface area contributed by atoms with Crippen molar-refractivity contribution in [2.45, 2.75) is 19.9 Å². The molecule has 1 N–H and O–H groups in total. The molecule has 0 saturated carbocycles. The van der Waals surface area contributed by atoms with Crippen LogP contribution in [0.4, 0.5) is 0 Å². The highest BCUT2D eigenvalue weighted by molar-refractivity contribution is 5.94. The third-order valence-electron chi connectivity index (χ3n) is 3.28. The second-order valence-corrected chi connectivity index (χ2v) is 4.69. The molecule has 0 fully saturated rings. The molecular weight excluding hydrogens is 252 g/mol. The van der Waals surface area contributed by atoms with E-state index in [-0.39, 0.29) is 5.91 Å². The number of hydrogen-bond acceptors (Lipinski definition) is 3. The molecule has 5 nitrogen and oxygen atoms in total. The van der Waals surface area contributed by atoms with Gasteiger partial charge >= 0.3 is 0 Å². The molecule has 1 aromatic carbocycles. The summed E-state index contributed by atoms with van der Waals surface area (Å²) in [5.74, 6) is -0.129. The summed E-state index contributed by atoms with van der Waals surface area (Å²) in [6.45, 7) is 3.14. The number of aliphatic imine (C=N–C) groups is 1. The van der Waals surface area contributed by atoms with Gasteiger partial charge in [-0.1, -0.05) is 25.1 Å². The molecule has 2 heterocycles. The van der Waals surface area contributed by atoms with Gasteiger partial charge in [0.25, 0.3) is 5.91 Å². The molecule has 0 spiro atoms. The zero-order valence-electron chi connectivity index (χ0n) is 11.3. The van der Waals surface area contributed by atoms with Gasteiger partial charge in [0.15, 0.2) is 5.69 Å². The number of imidazole rings is 1. The second-order valence-electron chi connectivity index (χ2n) is 4.69. The van der Waals surface area contributed by atoms with Gasteiger partial charge in [-0.2, -0.15) is 0 Å². The van der Waals surface area contributed by atoms with Crippen molar-refractivity contribution in [1.82, 2.24) is 14.9 Å². The maximum Gasteiger partial charge on any atom is 0.271 e. The Morgan fingerprint density at radius 3 is 3.10 bits per heavy atom. The molecule has 5 heteroatoms. The van der Waals surface area contributed by atoms with Crippen LogP contribution in [0.2, 0.25) is 0 Å². The predicted octanol–water partition coefficient (Wildman–Crippen LogP) is 1.94. The van der Waals surface area contributed by atoms with Gasteiger partial charge in [-0.05, 0) is 12.5 Å². The number of para-hydroxylation sites is 1. The number of hydrogen-bond donors (Lipinski definition) is 1. The fourth-order valence-corrected chi connectivity index (χ4v) is 2.29. The van der Waals surface area contributed by atoms with E-state index in [1.54, 1.807) is 6.33 Å². The molecule has 1 aliphatic rings. The van der Waals surface area contributed by atoms with Gasteiger partial charge in [-0.25, -0.2) is 4.98 Å². The van der Waals surface area contributed by atoms with Crippen molar-refractivity contribution in [3.05, 3.63) is 47.5 Å². The Hall–Kier alpha value is -2.43. The minimum absolute atomic E-state index is 0.129. The highest BCUT2D eigenvalue weighted by Gasteiger charge is 2.20. The van der Waals surface area contributed by atoms with Crippen molar-refractivity contribution in [2.24, 2.45) is 4.99 Å². The Kier molecular flexibility index (Phi) is 3.33. The second kappa shape index (κ2) is 5.28.